The third kappa shape index (κ3) is 4.89. The summed E-state index contributed by atoms with van der Waals surface area (Å²) in [4.78, 5) is 15.6. The van der Waals surface area contributed by atoms with Gasteiger partial charge in [0.25, 0.3) is 5.91 Å². The van der Waals surface area contributed by atoms with Crippen LogP contribution in [0.5, 0.6) is 0 Å². The Kier molecular flexibility index (Phi) is 7.27. The Balaban J connectivity index is 1.64. The van der Waals surface area contributed by atoms with E-state index in [-0.39, 0.29) is 5.91 Å². The van der Waals surface area contributed by atoms with Crippen LogP contribution < -0.4 is 0 Å². The minimum Gasteiger partial charge on any atom is -0.463 e. The number of carbonyl (C=O) groups excluding carboxylic acids is 1. The van der Waals surface area contributed by atoms with E-state index in [9.17, 15) is 4.79 Å². The standard InChI is InChI=1S/C25H27N3O2S2/c1-3-5-10-18(4-2)16-27-24(29)22(32-25(27)31)15-19-17-28(20-11-7-6-8-12-20)26-23(19)21-13-9-14-30-21/h6-9,11-15,17-18H,3-5,10,16H2,1-2H3/b22-15+/t18-/m1/s1. The fourth-order valence-corrected chi connectivity index (χ4v) is 5.05. The number of carbonyl (C=O) groups is 1. The summed E-state index contributed by atoms with van der Waals surface area (Å²) in [5.41, 5.74) is 2.45. The maximum Gasteiger partial charge on any atom is 0.266 e. The average Bonchev–Trinajstić information content (AvgIpc) is 3.54. The molecule has 1 fully saturated rings. The number of thiocarbonyl (C=S) groups is 1. The minimum absolute atomic E-state index is 0.0206. The van der Waals surface area contributed by atoms with Crippen LogP contribution in [0.1, 0.15) is 45.1 Å². The van der Waals surface area contributed by atoms with Gasteiger partial charge in [0.2, 0.25) is 0 Å². The van der Waals surface area contributed by atoms with Crippen molar-refractivity contribution in [2.75, 3.05) is 6.54 Å². The highest BCUT2D eigenvalue weighted by Gasteiger charge is 2.33. The first-order chi connectivity index (χ1) is 15.6. The molecular formula is C25H27N3O2S2. The number of nitrogens with zero attached hydrogens (tertiary/aromatic N) is 3. The highest BCUT2D eigenvalue weighted by Crippen LogP contribution is 2.36. The largest absolute Gasteiger partial charge is 0.463 e. The zero-order valence-electron chi connectivity index (χ0n) is 18.4. The van der Waals surface area contributed by atoms with Gasteiger partial charge >= 0.3 is 0 Å². The minimum atomic E-state index is -0.0206. The molecule has 0 bridgehead atoms. The van der Waals surface area contributed by atoms with Gasteiger partial charge in [0, 0.05) is 18.3 Å². The van der Waals surface area contributed by atoms with Gasteiger partial charge in [-0.3, -0.25) is 9.69 Å². The van der Waals surface area contributed by atoms with E-state index in [1.807, 2.05) is 59.4 Å². The molecule has 0 unspecified atom stereocenters. The van der Waals surface area contributed by atoms with Gasteiger partial charge in [-0.1, -0.05) is 75.3 Å². The Morgan fingerprint density at radius 2 is 2.00 bits per heavy atom. The van der Waals surface area contributed by atoms with Crippen LogP contribution in [0.25, 0.3) is 23.2 Å². The van der Waals surface area contributed by atoms with Crippen LogP contribution in [0.15, 0.2) is 64.2 Å². The van der Waals surface area contributed by atoms with Crippen molar-refractivity contribution in [2.45, 2.75) is 39.5 Å². The summed E-state index contributed by atoms with van der Waals surface area (Å²) in [6.45, 7) is 5.07. The number of benzene rings is 1. The normalized spacial score (nSPS) is 16.3. The number of rotatable bonds is 9. The average molecular weight is 466 g/mol. The lowest BCUT2D eigenvalue weighted by Gasteiger charge is -2.21. The van der Waals surface area contributed by atoms with Crippen LogP contribution in [0, 0.1) is 5.92 Å². The van der Waals surface area contributed by atoms with Crippen molar-refractivity contribution in [1.29, 1.82) is 0 Å². The molecule has 1 amide bonds. The molecule has 32 heavy (non-hydrogen) atoms. The molecule has 1 atom stereocenters. The van der Waals surface area contributed by atoms with Crippen LogP contribution in [0.3, 0.4) is 0 Å². The first kappa shape index (κ1) is 22.6. The fourth-order valence-electron chi connectivity index (χ4n) is 3.78. The number of hydrogen-bond donors (Lipinski definition) is 0. The van der Waals surface area contributed by atoms with Gasteiger partial charge < -0.3 is 4.42 Å². The lowest BCUT2D eigenvalue weighted by Crippen LogP contribution is -2.33. The van der Waals surface area contributed by atoms with Gasteiger partial charge in [0.1, 0.15) is 10.0 Å². The van der Waals surface area contributed by atoms with Crippen molar-refractivity contribution in [3.05, 3.63) is 65.4 Å². The van der Waals surface area contributed by atoms with Gasteiger partial charge in [0.05, 0.1) is 16.9 Å². The van der Waals surface area contributed by atoms with Gasteiger partial charge in [-0.25, -0.2) is 4.68 Å². The van der Waals surface area contributed by atoms with Gasteiger partial charge in [0.15, 0.2) is 5.76 Å². The molecule has 1 aliphatic heterocycles. The zero-order valence-corrected chi connectivity index (χ0v) is 20.0. The highest BCUT2D eigenvalue weighted by molar-refractivity contribution is 8.26. The van der Waals surface area contributed by atoms with Gasteiger partial charge in [-0.05, 0) is 42.7 Å². The van der Waals surface area contributed by atoms with E-state index in [0.29, 0.717) is 33.1 Å². The molecule has 3 aromatic rings. The second-order valence-electron chi connectivity index (χ2n) is 7.90. The summed E-state index contributed by atoms with van der Waals surface area (Å²) in [6.07, 6.45) is 9.94. The van der Waals surface area contributed by atoms with Crippen molar-refractivity contribution in [2.24, 2.45) is 5.92 Å². The number of aromatic nitrogens is 2. The zero-order chi connectivity index (χ0) is 22.5. The molecule has 0 aliphatic carbocycles. The fraction of sp³-hybridized carbons (Fsp3) is 0.320. The number of hydrogen-bond acceptors (Lipinski definition) is 5. The van der Waals surface area contributed by atoms with Crippen molar-refractivity contribution in [1.82, 2.24) is 14.7 Å². The van der Waals surface area contributed by atoms with E-state index in [4.69, 9.17) is 21.7 Å². The van der Waals surface area contributed by atoms with Crippen molar-refractivity contribution in [3.63, 3.8) is 0 Å². The van der Waals surface area contributed by atoms with Crippen LogP contribution in [-0.2, 0) is 4.79 Å². The molecule has 2 aromatic heterocycles. The summed E-state index contributed by atoms with van der Waals surface area (Å²) >= 11 is 6.94. The maximum absolute atomic E-state index is 13.2. The van der Waals surface area contributed by atoms with Crippen molar-refractivity contribution < 1.29 is 9.21 Å². The molecule has 0 saturated carbocycles. The van der Waals surface area contributed by atoms with E-state index in [2.05, 4.69) is 13.8 Å². The summed E-state index contributed by atoms with van der Waals surface area (Å²) in [6, 6.07) is 13.6. The van der Waals surface area contributed by atoms with Crippen LogP contribution in [-0.4, -0.2) is 31.5 Å². The summed E-state index contributed by atoms with van der Waals surface area (Å²) in [5, 5.41) is 4.73. The van der Waals surface area contributed by atoms with Crippen LogP contribution in [0.4, 0.5) is 0 Å². The van der Waals surface area contributed by atoms with Crippen molar-refractivity contribution in [3.8, 4) is 17.1 Å². The smallest absolute Gasteiger partial charge is 0.266 e. The van der Waals surface area contributed by atoms with E-state index in [1.54, 1.807) is 11.2 Å². The highest BCUT2D eigenvalue weighted by atomic mass is 32.2. The molecule has 0 spiro atoms. The Morgan fingerprint density at radius 3 is 2.69 bits per heavy atom. The molecule has 0 N–H and O–H groups in total. The molecule has 4 rings (SSSR count). The van der Waals surface area contributed by atoms with Crippen molar-refractivity contribution >= 4 is 40.3 Å². The van der Waals surface area contributed by atoms with Gasteiger partial charge in [-0.2, -0.15) is 5.10 Å². The summed E-state index contributed by atoms with van der Waals surface area (Å²) < 4.78 is 8.05. The summed E-state index contributed by atoms with van der Waals surface area (Å²) in [5.74, 6) is 1.11. The quantitative estimate of drug-likeness (QED) is 0.265. The SMILES string of the molecule is CCCC[C@@H](CC)CN1C(=O)/C(=C\c2cn(-c3ccccc3)nc2-c2ccco2)SC1=S. The first-order valence-electron chi connectivity index (χ1n) is 11.0. The Hall–Kier alpha value is -2.64. The van der Waals surface area contributed by atoms with Crippen LogP contribution >= 0.6 is 24.0 Å². The molecule has 5 nitrogen and oxygen atoms in total. The second kappa shape index (κ2) is 10.3. The number of para-hydroxylation sites is 1. The van der Waals surface area contributed by atoms with E-state index in [1.165, 1.54) is 18.2 Å². The summed E-state index contributed by atoms with van der Waals surface area (Å²) in [7, 11) is 0. The van der Waals surface area contributed by atoms with E-state index < -0.39 is 0 Å². The first-order valence-corrected chi connectivity index (χ1v) is 12.3. The van der Waals surface area contributed by atoms with Gasteiger partial charge in [-0.15, -0.1) is 0 Å². The Morgan fingerprint density at radius 1 is 1.19 bits per heavy atom. The lowest BCUT2D eigenvalue weighted by molar-refractivity contribution is -0.122. The maximum atomic E-state index is 13.2. The molecule has 7 heteroatoms. The van der Waals surface area contributed by atoms with Crippen LogP contribution in [0.2, 0.25) is 0 Å². The lowest BCUT2D eigenvalue weighted by atomic mass is 9.99. The molecule has 1 aromatic carbocycles. The monoisotopic (exact) mass is 465 g/mol. The number of furan rings is 1. The third-order valence-corrected chi connectivity index (χ3v) is 7.04. The van der Waals surface area contributed by atoms with E-state index >= 15 is 0 Å². The molecule has 1 aliphatic rings. The molecular weight excluding hydrogens is 438 g/mol. The predicted octanol–water partition coefficient (Wildman–Crippen LogP) is 6.55. The van der Waals surface area contributed by atoms with E-state index in [0.717, 1.165) is 30.5 Å². The molecule has 3 heterocycles. The molecule has 166 valence electrons. The number of unbranched alkanes of at least 4 members (excludes halogenated alkanes) is 1. The predicted molar refractivity (Wildman–Crippen MR) is 134 cm³/mol. The topological polar surface area (TPSA) is 51.3 Å². The Bertz CT molecular complexity index is 1100. The second-order valence-corrected chi connectivity index (χ2v) is 9.58. The molecule has 0 radical (unpaired) electrons. The Labute approximate surface area is 198 Å². The number of amides is 1. The number of thioether (sulfide) groups is 1. The third-order valence-electron chi connectivity index (χ3n) is 5.66. The molecule has 1 saturated heterocycles.